The Bertz CT molecular complexity index is 287. The molecule has 1 aliphatic rings. The van der Waals surface area contributed by atoms with Crippen molar-refractivity contribution in [1.29, 1.82) is 0 Å². The van der Waals surface area contributed by atoms with Gasteiger partial charge >= 0.3 is 0 Å². The van der Waals surface area contributed by atoms with E-state index >= 15 is 0 Å². The molecule has 1 aromatic heterocycles. The summed E-state index contributed by atoms with van der Waals surface area (Å²) in [6.07, 6.45) is 1.69. The Morgan fingerprint density at radius 1 is 1.73 bits per heavy atom. The van der Waals surface area contributed by atoms with Crippen molar-refractivity contribution < 1.29 is 0 Å². The first-order valence-electron chi connectivity index (χ1n) is 3.44. The van der Waals surface area contributed by atoms with Gasteiger partial charge in [-0.05, 0) is 13.0 Å². The molecule has 0 bridgehead atoms. The maximum atomic E-state index is 5.56. The molecule has 0 aromatic carbocycles. The van der Waals surface area contributed by atoms with Crippen LogP contribution in [0.15, 0.2) is 17.3 Å². The first-order chi connectivity index (χ1) is 5.25. The minimum Gasteiger partial charge on any atom is -0.397 e. The van der Waals surface area contributed by atoms with Crippen LogP contribution in [-0.4, -0.2) is 10.4 Å². The molecule has 0 amide bonds. The van der Waals surface area contributed by atoms with E-state index in [0.29, 0.717) is 11.1 Å². The predicted molar refractivity (Wildman–Crippen MR) is 47.6 cm³/mol. The third kappa shape index (κ3) is 1.14. The van der Waals surface area contributed by atoms with E-state index in [1.54, 1.807) is 18.0 Å². The summed E-state index contributed by atoms with van der Waals surface area (Å²) in [7, 11) is 0. The minimum atomic E-state index is 0.416. The lowest BCUT2D eigenvalue weighted by atomic mass is 10.4. The summed E-state index contributed by atoms with van der Waals surface area (Å²) < 4.78 is 0. The van der Waals surface area contributed by atoms with Gasteiger partial charge in [0, 0.05) is 0 Å². The second-order valence-electron chi connectivity index (χ2n) is 2.53. The molecule has 2 rings (SSSR count). The van der Waals surface area contributed by atoms with E-state index in [4.69, 9.17) is 5.73 Å². The highest BCUT2D eigenvalue weighted by molar-refractivity contribution is 8.00. The number of anilines is 2. The molecule has 1 aliphatic heterocycles. The Kier molecular flexibility index (Phi) is 1.42. The molecule has 1 aromatic rings. The maximum Gasteiger partial charge on any atom is 0.121 e. The lowest BCUT2D eigenvalue weighted by Crippen LogP contribution is -2.02. The molecule has 58 valence electrons. The molecule has 3 nitrogen and oxygen atoms in total. The quantitative estimate of drug-likeness (QED) is 0.615. The average molecular weight is 167 g/mol. The standard InChI is InChI=1S/C7H9N3S/c1-4-10-6-2-5(8)3-9-7(6)11-4/h2-4,10H,8H2,1H3. The van der Waals surface area contributed by atoms with Crippen molar-refractivity contribution in [2.75, 3.05) is 11.1 Å². The maximum absolute atomic E-state index is 5.56. The number of nitrogens with zero attached hydrogens (tertiary/aromatic N) is 1. The number of nitrogen functional groups attached to an aromatic ring is 1. The number of hydrogen-bond acceptors (Lipinski definition) is 4. The SMILES string of the molecule is CC1Nc2cc(N)cnc2S1. The molecule has 4 heteroatoms. The highest BCUT2D eigenvalue weighted by Crippen LogP contribution is 2.36. The molecule has 1 atom stereocenters. The Balaban J connectivity index is 2.43. The average Bonchev–Trinajstić information content (AvgIpc) is 2.27. The van der Waals surface area contributed by atoms with Crippen LogP contribution in [0.2, 0.25) is 0 Å². The summed E-state index contributed by atoms with van der Waals surface area (Å²) in [6, 6.07) is 1.92. The molecule has 0 spiro atoms. The number of hydrogen-bond donors (Lipinski definition) is 2. The highest BCUT2D eigenvalue weighted by Gasteiger charge is 2.17. The van der Waals surface area contributed by atoms with E-state index in [0.717, 1.165) is 10.7 Å². The van der Waals surface area contributed by atoms with Crippen molar-refractivity contribution >= 4 is 23.1 Å². The molecule has 0 saturated heterocycles. The number of fused-ring (bicyclic) bond motifs is 1. The molecule has 11 heavy (non-hydrogen) atoms. The summed E-state index contributed by atoms with van der Waals surface area (Å²) in [4.78, 5) is 4.18. The van der Waals surface area contributed by atoms with Crippen LogP contribution in [0.4, 0.5) is 11.4 Å². The normalized spacial score (nSPS) is 21.0. The van der Waals surface area contributed by atoms with E-state index in [1.165, 1.54) is 0 Å². The van der Waals surface area contributed by atoms with Gasteiger partial charge < -0.3 is 11.1 Å². The molecule has 3 N–H and O–H groups in total. The third-order valence-corrected chi connectivity index (χ3v) is 2.54. The van der Waals surface area contributed by atoms with Gasteiger partial charge in [0.05, 0.1) is 22.9 Å². The van der Waals surface area contributed by atoms with E-state index in [-0.39, 0.29) is 0 Å². The van der Waals surface area contributed by atoms with Crippen LogP contribution in [0.1, 0.15) is 6.92 Å². The van der Waals surface area contributed by atoms with Gasteiger partial charge in [0.2, 0.25) is 0 Å². The molecule has 2 heterocycles. The van der Waals surface area contributed by atoms with Crippen LogP contribution in [0, 0.1) is 0 Å². The monoisotopic (exact) mass is 167 g/mol. The van der Waals surface area contributed by atoms with Crippen LogP contribution in [0.25, 0.3) is 0 Å². The second kappa shape index (κ2) is 2.30. The van der Waals surface area contributed by atoms with E-state index in [2.05, 4.69) is 17.2 Å². The Labute approximate surface area is 69.4 Å². The third-order valence-electron chi connectivity index (χ3n) is 1.52. The van der Waals surface area contributed by atoms with Crippen molar-refractivity contribution in [3.8, 4) is 0 Å². The number of nitrogens with one attached hydrogen (secondary N) is 1. The Morgan fingerprint density at radius 3 is 3.36 bits per heavy atom. The number of thioether (sulfide) groups is 1. The van der Waals surface area contributed by atoms with Crippen molar-refractivity contribution in [3.63, 3.8) is 0 Å². The Hall–Kier alpha value is -0.900. The van der Waals surface area contributed by atoms with Crippen molar-refractivity contribution in [2.45, 2.75) is 17.3 Å². The smallest absolute Gasteiger partial charge is 0.121 e. The zero-order valence-electron chi connectivity index (χ0n) is 6.16. The van der Waals surface area contributed by atoms with Crippen molar-refractivity contribution in [1.82, 2.24) is 4.98 Å². The van der Waals surface area contributed by atoms with Gasteiger partial charge in [0.1, 0.15) is 5.03 Å². The summed E-state index contributed by atoms with van der Waals surface area (Å²) in [5.74, 6) is 0. The number of nitrogens with two attached hydrogens (primary N) is 1. The summed E-state index contributed by atoms with van der Waals surface area (Å²) in [5.41, 5.74) is 7.34. The van der Waals surface area contributed by atoms with Gasteiger partial charge in [-0.1, -0.05) is 11.8 Å². The van der Waals surface area contributed by atoms with Gasteiger partial charge in [0.25, 0.3) is 0 Å². The molecule has 0 saturated carbocycles. The lowest BCUT2D eigenvalue weighted by Gasteiger charge is -1.99. The van der Waals surface area contributed by atoms with Gasteiger partial charge in [-0.2, -0.15) is 0 Å². The van der Waals surface area contributed by atoms with Crippen molar-refractivity contribution in [2.24, 2.45) is 0 Å². The van der Waals surface area contributed by atoms with Crippen LogP contribution in [0.5, 0.6) is 0 Å². The number of rotatable bonds is 0. The number of pyridine rings is 1. The van der Waals surface area contributed by atoms with Gasteiger partial charge in [-0.15, -0.1) is 0 Å². The fourth-order valence-corrected chi connectivity index (χ4v) is 1.96. The van der Waals surface area contributed by atoms with Crippen LogP contribution < -0.4 is 11.1 Å². The van der Waals surface area contributed by atoms with Crippen LogP contribution in [-0.2, 0) is 0 Å². The first kappa shape index (κ1) is 6.79. The molecule has 0 fully saturated rings. The fourth-order valence-electron chi connectivity index (χ4n) is 1.08. The van der Waals surface area contributed by atoms with E-state index < -0.39 is 0 Å². The van der Waals surface area contributed by atoms with Gasteiger partial charge in [-0.25, -0.2) is 4.98 Å². The second-order valence-corrected chi connectivity index (χ2v) is 3.86. The van der Waals surface area contributed by atoms with Crippen LogP contribution in [0.3, 0.4) is 0 Å². The number of aromatic nitrogens is 1. The Morgan fingerprint density at radius 2 is 2.55 bits per heavy atom. The zero-order chi connectivity index (χ0) is 7.84. The molecular weight excluding hydrogens is 158 g/mol. The van der Waals surface area contributed by atoms with Gasteiger partial charge in [0.15, 0.2) is 0 Å². The van der Waals surface area contributed by atoms with E-state index in [1.807, 2.05) is 6.07 Å². The van der Waals surface area contributed by atoms with Gasteiger partial charge in [-0.3, -0.25) is 0 Å². The largest absolute Gasteiger partial charge is 0.397 e. The lowest BCUT2D eigenvalue weighted by molar-refractivity contribution is 1.13. The fraction of sp³-hybridized carbons (Fsp3) is 0.286. The molecule has 1 unspecified atom stereocenters. The first-order valence-corrected chi connectivity index (χ1v) is 4.32. The summed E-state index contributed by atoms with van der Waals surface area (Å²) in [6.45, 7) is 2.10. The highest BCUT2D eigenvalue weighted by atomic mass is 32.2. The van der Waals surface area contributed by atoms with Crippen LogP contribution >= 0.6 is 11.8 Å². The molecular formula is C7H9N3S. The minimum absolute atomic E-state index is 0.416. The summed E-state index contributed by atoms with van der Waals surface area (Å²) >= 11 is 1.72. The molecule has 0 aliphatic carbocycles. The predicted octanol–water partition coefficient (Wildman–Crippen LogP) is 1.53. The zero-order valence-corrected chi connectivity index (χ0v) is 6.98. The topological polar surface area (TPSA) is 50.9 Å². The summed E-state index contributed by atoms with van der Waals surface area (Å²) in [5, 5.41) is 4.72. The van der Waals surface area contributed by atoms with E-state index in [9.17, 15) is 0 Å². The van der Waals surface area contributed by atoms with Crippen molar-refractivity contribution in [3.05, 3.63) is 12.3 Å². The molecule has 0 radical (unpaired) electrons.